The fourth-order valence-electron chi connectivity index (χ4n) is 3.45. The van der Waals surface area contributed by atoms with Crippen molar-refractivity contribution in [3.05, 3.63) is 60.4 Å². The van der Waals surface area contributed by atoms with Crippen molar-refractivity contribution in [1.29, 1.82) is 0 Å². The summed E-state index contributed by atoms with van der Waals surface area (Å²) in [5, 5.41) is 3.01. The zero-order chi connectivity index (χ0) is 19.8. The molecule has 2 aromatic rings. The third kappa shape index (κ3) is 5.62. The highest BCUT2D eigenvalue weighted by Crippen LogP contribution is 2.23. The van der Waals surface area contributed by atoms with E-state index in [1.54, 1.807) is 18.3 Å². The Kier molecular flexibility index (Phi) is 7.17. The molecule has 1 aromatic carbocycles. The molecule has 1 saturated heterocycles. The molecule has 1 amide bonds. The number of sulfonamides is 1. The van der Waals surface area contributed by atoms with Crippen molar-refractivity contribution in [3.8, 4) is 0 Å². The highest BCUT2D eigenvalue weighted by Gasteiger charge is 2.29. The predicted octanol–water partition coefficient (Wildman–Crippen LogP) is 2.62. The molecular formula is C21H27N3O3S. The number of hydrogen-bond acceptors (Lipinski definition) is 4. The standard InChI is InChI=1S/C21H27N3O3S/c25-21(10-4-8-18-6-2-1-3-7-18)23-16-19-11-14-24(15-12-19)28(26,27)20-9-5-13-22-17-20/h1-3,5-7,9,13,17,19H,4,8,10-12,14-16H2,(H,23,25). The summed E-state index contributed by atoms with van der Waals surface area (Å²) in [7, 11) is -3.47. The molecule has 3 rings (SSSR count). The average Bonchev–Trinajstić information content (AvgIpc) is 2.74. The number of pyridine rings is 1. The number of piperidine rings is 1. The van der Waals surface area contributed by atoms with E-state index in [0.29, 0.717) is 32.0 Å². The zero-order valence-corrected chi connectivity index (χ0v) is 16.8. The lowest BCUT2D eigenvalue weighted by atomic mass is 9.98. The molecule has 7 heteroatoms. The van der Waals surface area contributed by atoms with Gasteiger partial charge in [0.05, 0.1) is 0 Å². The van der Waals surface area contributed by atoms with Crippen LogP contribution >= 0.6 is 0 Å². The van der Waals surface area contributed by atoms with Gasteiger partial charge in [-0.2, -0.15) is 4.31 Å². The minimum Gasteiger partial charge on any atom is -0.356 e. The maximum absolute atomic E-state index is 12.6. The van der Waals surface area contributed by atoms with Gasteiger partial charge in [-0.1, -0.05) is 30.3 Å². The summed E-state index contributed by atoms with van der Waals surface area (Å²) in [6, 6.07) is 13.4. The van der Waals surface area contributed by atoms with Crippen molar-refractivity contribution >= 4 is 15.9 Å². The number of aromatic nitrogens is 1. The third-order valence-electron chi connectivity index (χ3n) is 5.15. The first-order valence-electron chi connectivity index (χ1n) is 9.76. The molecule has 150 valence electrons. The molecule has 1 fully saturated rings. The van der Waals surface area contributed by atoms with Crippen LogP contribution in [0.15, 0.2) is 59.8 Å². The van der Waals surface area contributed by atoms with E-state index in [1.807, 2.05) is 18.2 Å². The smallest absolute Gasteiger partial charge is 0.244 e. The van der Waals surface area contributed by atoms with Gasteiger partial charge in [0, 0.05) is 38.4 Å². The highest BCUT2D eigenvalue weighted by molar-refractivity contribution is 7.89. The van der Waals surface area contributed by atoms with Crippen LogP contribution in [0, 0.1) is 5.92 Å². The predicted molar refractivity (Wildman–Crippen MR) is 108 cm³/mol. The largest absolute Gasteiger partial charge is 0.356 e. The molecule has 1 aliphatic rings. The van der Waals surface area contributed by atoms with Gasteiger partial charge in [0.15, 0.2) is 0 Å². The molecule has 6 nitrogen and oxygen atoms in total. The van der Waals surface area contributed by atoms with Crippen LogP contribution in [0.4, 0.5) is 0 Å². The van der Waals surface area contributed by atoms with Crippen molar-refractivity contribution in [2.24, 2.45) is 5.92 Å². The molecule has 0 aliphatic carbocycles. The van der Waals surface area contributed by atoms with E-state index in [2.05, 4.69) is 22.4 Å². The topological polar surface area (TPSA) is 79.4 Å². The van der Waals surface area contributed by atoms with Gasteiger partial charge in [-0.15, -0.1) is 0 Å². The first-order valence-corrected chi connectivity index (χ1v) is 11.2. The number of benzene rings is 1. The summed E-state index contributed by atoms with van der Waals surface area (Å²) in [6.07, 6.45) is 6.71. The van der Waals surface area contributed by atoms with E-state index in [4.69, 9.17) is 0 Å². The van der Waals surface area contributed by atoms with Crippen molar-refractivity contribution in [3.63, 3.8) is 0 Å². The van der Waals surface area contributed by atoms with E-state index < -0.39 is 10.0 Å². The second-order valence-electron chi connectivity index (χ2n) is 7.18. The number of nitrogens with zero attached hydrogens (tertiary/aromatic N) is 2. The number of carbonyl (C=O) groups excluding carboxylic acids is 1. The van der Waals surface area contributed by atoms with E-state index >= 15 is 0 Å². The molecule has 0 bridgehead atoms. The van der Waals surface area contributed by atoms with E-state index in [-0.39, 0.29) is 10.8 Å². The zero-order valence-electron chi connectivity index (χ0n) is 16.0. The normalized spacial score (nSPS) is 16.0. The SMILES string of the molecule is O=C(CCCc1ccccc1)NCC1CCN(S(=O)(=O)c2cccnc2)CC1. The summed E-state index contributed by atoms with van der Waals surface area (Å²) in [5.74, 6) is 0.389. The number of amides is 1. The van der Waals surface area contributed by atoms with E-state index in [0.717, 1.165) is 25.7 Å². The Balaban J connectivity index is 1.37. The molecule has 0 radical (unpaired) electrons. The van der Waals surface area contributed by atoms with Crippen LogP contribution in [0.3, 0.4) is 0 Å². The Hall–Kier alpha value is -2.25. The van der Waals surface area contributed by atoms with Gasteiger partial charge in [0.2, 0.25) is 15.9 Å². The molecule has 0 atom stereocenters. The molecular weight excluding hydrogens is 374 g/mol. The maximum atomic E-state index is 12.6. The number of nitrogens with one attached hydrogen (secondary N) is 1. The van der Waals surface area contributed by atoms with Crippen molar-refractivity contribution in [1.82, 2.24) is 14.6 Å². The van der Waals surface area contributed by atoms with Gasteiger partial charge in [0.25, 0.3) is 0 Å². The molecule has 1 aliphatic heterocycles. The minimum atomic E-state index is -3.47. The average molecular weight is 402 g/mol. The maximum Gasteiger partial charge on any atom is 0.244 e. The third-order valence-corrected chi connectivity index (χ3v) is 7.03. The van der Waals surface area contributed by atoms with Gasteiger partial charge < -0.3 is 5.32 Å². The Labute approximate surface area is 167 Å². The van der Waals surface area contributed by atoms with Crippen LogP contribution in [0.5, 0.6) is 0 Å². The van der Waals surface area contributed by atoms with Crippen molar-refractivity contribution < 1.29 is 13.2 Å². The van der Waals surface area contributed by atoms with E-state index in [9.17, 15) is 13.2 Å². The van der Waals surface area contributed by atoms with Crippen LogP contribution in [0.25, 0.3) is 0 Å². The fourth-order valence-corrected chi connectivity index (χ4v) is 4.88. The summed E-state index contributed by atoms with van der Waals surface area (Å²) in [6.45, 7) is 1.57. The van der Waals surface area contributed by atoms with Gasteiger partial charge in [-0.05, 0) is 49.3 Å². The summed E-state index contributed by atoms with van der Waals surface area (Å²) >= 11 is 0. The lowest BCUT2D eigenvalue weighted by Crippen LogP contribution is -2.41. The second kappa shape index (κ2) is 9.80. The fraction of sp³-hybridized carbons (Fsp3) is 0.429. The van der Waals surface area contributed by atoms with Crippen LogP contribution < -0.4 is 5.32 Å². The molecule has 0 saturated carbocycles. The molecule has 28 heavy (non-hydrogen) atoms. The van der Waals surface area contributed by atoms with Gasteiger partial charge >= 0.3 is 0 Å². The quantitative estimate of drug-likeness (QED) is 0.737. The highest BCUT2D eigenvalue weighted by atomic mass is 32.2. The number of rotatable bonds is 8. The van der Waals surface area contributed by atoms with Crippen molar-refractivity contribution in [2.45, 2.75) is 37.0 Å². The van der Waals surface area contributed by atoms with Crippen molar-refractivity contribution in [2.75, 3.05) is 19.6 Å². The Bertz CT molecular complexity index is 849. The molecule has 0 spiro atoms. The van der Waals surface area contributed by atoms with E-state index in [1.165, 1.54) is 16.1 Å². The van der Waals surface area contributed by atoms with Crippen LogP contribution in [-0.4, -0.2) is 43.2 Å². The van der Waals surface area contributed by atoms with Gasteiger partial charge in [0.1, 0.15) is 4.90 Å². The lowest BCUT2D eigenvalue weighted by Gasteiger charge is -2.31. The second-order valence-corrected chi connectivity index (χ2v) is 9.12. The number of aryl methyl sites for hydroxylation is 1. The Morgan fingerprint density at radius 2 is 1.86 bits per heavy atom. The first kappa shape index (κ1) is 20.5. The number of hydrogen-bond donors (Lipinski definition) is 1. The Morgan fingerprint density at radius 3 is 2.54 bits per heavy atom. The molecule has 1 N–H and O–H groups in total. The first-order chi connectivity index (χ1) is 13.6. The summed E-state index contributed by atoms with van der Waals surface area (Å²) in [4.78, 5) is 16.2. The molecule has 1 aromatic heterocycles. The van der Waals surface area contributed by atoms with Crippen LogP contribution in [0.1, 0.15) is 31.2 Å². The summed E-state index contributed by atoms with van der Waals surface area (Å²) in [5.41, 5.74) is 1.25. The van der Waals surface area contributed by atoms with Gasteiger partial charge in [-0.25, -0.2) is 8.42 Å². The van der Waals surface area contributed by atoms with Crippen LogP contribution in [0.2, 0.25) is 0 Å². The monoisotopic (exact) mass is 401 g/mol. The van der Waals surface area contributed by atoms with Crippen LogP contribution in [-0.2, 0) is 21.2 Å². The molecule has 2 heterocycles. The van der Waals surface area contributed by atoms with Gasteiger partial charge in [-0.3, -0.25) is 9.78 Å². The minimum absolute atomic E-state index is 0.0707. The summed E-state index contributed by atoms with van der Waals surface area (Å²) < 4.78 is 26.7. The lowest BCUT2D eigenvalue weighted by molar-refractivity contribution is -0.121. The number of carbonyl (C=O) groups is 1. The molecule has 0 unspecified atom stereocenters. The Morgan fingerprint density at radius 1 is 1.11 bits per heavy atom.